The van der Waals surface area contributed by atoms with Crippen molar-refractivity contribution in [3.8, 4) is 5.75 Å². The molecule has 1 aliphatic carbocycles. The summed E-state index contributed by atoms with van der Waals surface area (Å²) in [5.74, 6) is 2.01. The van der Waals surface area contributed by atoms with Gasteiger partial charge in [-0.15, -0.1) is 24.0 Å². The molecule has 0 atom stereocenters. The fourth-order valence-electron chi connectivity index (χ4n) is 3.55. The molecule has 0 heterocycles. The van der Waals surface area contributed by atoms with Gasteiger partial charge in [-0.1, -0.05) is 31.0 Å². The Bertz CT molecular complexity index is 513. The molecule has 0 bridgehead atoms. The van der Waals surface area contributed by atoms with Crippen molar-refractivity contribution < 1.29 is 4.74 Å². The number of methoxy groups -OCH3 is 1. The van der Waals surface area contributed by atoms with Crippen molar-refractivity contribution in [3.05, 3.63) is 29.8 Å². The first kappa shape index (κ1) is 20.1. The molecule has 1 aromatic carbocycles. The van der Waals surface area contributed by atoms with Crippen LogP contribution in [0, 0.1) is 0 Å². The molecule has 0 saturated heterocycles. The van der Waals surface area contributed by atoms with E-state index >= 15 is 0 Å². The molecular weight excluding hydrogens is 401 g/mol. The highest BCUT2D eigenvalue weighted by Crippen LogP contribution is 2.44. The summed E-state index contributed by atoms with van der Waals surface area (Å²) in [6.07, 6.45) is 4.91. The number of ether oxygens (including phenoxy) is 1. The zero-order chi connectivity index (χ0) is 16.2. The van der Waals surface area contributed by atoms with E-state index in [1.807, 2.05) is 34.3 Å². The molecule has 0 spiro atoms. The molecule has 130 valence electrons. The lowest BCUT2D eigenvalue weighted by atomic mass is 9.78. The Balaban J connectivity index is 0.00000264. The Morgan fingerprint density at radius 2 is 1.65 bits per heavy atom. The number of rotatable bonds is 4. The van der Waals surface area contributed by atoms with E-state index < -0.39 is 0 Å². The van der Waals surface area contributed by atoms with Gasteiger partial charge in [-0.3, -0.25) is 4.99 Å². The summed E-state index contributed by atoms with van der Waals surface area (Å²) < 4.78 is 5.62. The number of guanidine groups is 1. The third-order valence-corrected chi connectivity index (χ3v) is 4.56. The van der Waals surface area contributed by atoms with Crippen molar-refractivity contribution in [3.63, 3.8) is 0 Å². The number of nitrogens with zero attached hydrogens (tertiary/aromatic N) is 3. The van der Waals surface area contributed by atoms with E-state index in [-0.39, 0.29) is 29.4 Å². The Morgan fingerprint density at radius 3 is 2.17 bits per heavy atom. The van der Waals surface area contributed by atoms with Crippen LogP contribution in [0.3, 0.4) is 0 Å². The first-order valence-electron chi connectivity index (χ1n) is 8.03. The van der Waals surface area contributed by atoms with Gasteiger partial charge in [-0.05, 0) is 18.9 Å². The minimum Gasteiger partial charge on any atom is -0.496 e. The van der Waals surface area contributed by atoms with E-state index in [1.54, 1.807) is 7.11 Å². The van der Waals surface area contributed by atoms with E-state index in [0.29, 0.717) is 0 Å². The van der Waals surface area contributed by atoms with Crippen LogP contribution in [-0.2, 0) is 5.41 Å². The molecule has 2 rings (SSSR count). The van der Waals surface area contributed by atoms with Crippen LogP contribution < -0.4 is 4.74 Å². The summed E-state index contributed by atoms with van der Waals surface area (Å²) in [5, 5.41) is 0. The van der Waals surface area contributed by atoms with Crippen molar-refractivity contribution in [1.29, 1.82) is 0 Å². The lowest BCUT2D eigenvalue weighted by Crippen LogP contribution is -2.37. The average Bonchev–Trinajstić information content (AvgIpc) is 2.96. The summed E-state index contributed by atoms with van der Waals surface area (Å²) in [7, 11) is 9.94. The van der Waals surface area contributed by atoms with Gasteiger partial charge in [0, 0.05) is 39.2 Å². The molecule has 1 aliphatic rings. The van der Waals surface area contributed by atoms with Crippen molar-refractivity contribution >= 4 is 29.9 Å². The van der Waals surface area contributed by atoms with Crippen LogP contribution in [0.2, 0.25) is 0 Å². The maximum atomic E-state index is 5.62. The summed E-state index contributed by atoms with van der Waals surface area (Å²) in [6, 6.07) is 8.43. The van der Waals surface area contributed by atoms with Gasteiger partial charge in [0.15, 0.2) is 5.96 Å². The topological polar surface area (TPSA) is 28.1 Å². The number of benzene rings is 1. The molecule has 1 aromatic rings. The van der Waals surface area contributed by atoms with E-state index in [9.17, 15) is 0 Å². The highest BCUT2D eigenvalue weighted by atomic mass is 127. The zero-order valence-electron chi connectivity index (χ0n) is 15.0. The highest BCUT2D eigenvalue weighted by molar-refractivity contribution is 14.0. The summed E-state index contributed by atoms with van der Waals surface area (Å²) in [4.78, 5) is 9.09. The molecule has 0 radical (unpaired) electrons. The Kier molecular flexibility index (Phi) is 7.64. The summed E-state index contributed by atoms with van der Waals surface area (Å²) in [5.41, 5.74) is 1.43. The van der Waals surface area contributed by atoms with Gasteiger partial charge < -0.3 is 14.5 Å². The zero-order valence-corrected chi connectivity index (χ0v) is 17.3. The number of aliphatic imine (C=N–C) groups is 1. The predicted molar refractivity (Wildman–Crippen MR) is 108 cm³/mol. The maximum absolute atomic E-state index is 5.62. The van der Waals surface area contributed by atoms with Crippen LogP contribution in [0.1, 0.15) is 31.2 Å². The average molecular weight is 431 g/mol. The van der Waals surface area contributed by atoms with Gasteiger partial charge in [0.05, 0.1) is 13.7 Å². The van der Waals surface area contributed by atoms with Gasteiger partial charge in [-0.25, -0.2) is 0 Å². The largest absolute Gasteiger partial charge is 0.496 e. The van der Waals surface area contributed by atoms with Crippen LogP contribution in [0.4, 0.5) is 0 Å². The van der Waals surface area contributed by atoms with E-state index in [2.05, 4.69) is 28.0 Å². The maximum Gasteiger partial charge on any atom is 0.195 e. The van der Waals surface area contributed by atoms with E-state index in [4.69, 9.17) is 9.73 Å². The molecular formula is C18H30IN3O. The molecule has 0 unspecified atom stereocenters. The molecule has 5 heteroatoms. The second-order valence-corrected chi connectivity index (χ2v) is 6.59. The molecule has 4 nitrogen and oxygen atoms in total. The van der Waals surface area contributed by atoms with Gasteiger partial charge in [0.2, 0.25) is 0 Å². The van der Waals surface area contributed by atoms with Crippen molar-refractivity contribution in [2.24, 2.45) is 4.99 Å². The first-order valence-corrected chi connectivity index (χ1v) is 8.03. The predicted octanol–water partition coefficient (Wildman–Crippen LogP) is 3.60. The van der Waals surface area contributed by atoms with Gasteiger partial charge in [0.25, 0.3) is 0 Å². The number of para-hydroxylation sites is 1. The fraction of sp³-hybridized carbons (Fsp3) is 0.611. The minimum absolute atomic E-state index is 0. The van der Waals surface area contributed by atoms with E-state index in [0.717, 1.165) is 18.3 Å². The molecule has 23 heavy (non-hydrogen) atoms. The second kappa shape index (κ2) is 8.76. The van der Waals surface area contributed by atoms with Crippen molar-refractivity contribution in [1.82, 2.24) is 9.80 Å². The molecule has 0 amide bonds. The Hall–Kier alpha value is -0.980. The number of hydrogen-bond donors (Lipinski definition) is 0. The van der Waals surface area contributed by atoms with Crippen LogP contribution in [0.15, 0.2) is 29.3 Å². The minimum atomic E-state index is 0. The highest BCUT2D eigenvalue weighted by Gasteiger charge is 2.37. The summed E-state index contributed by atoms with van der Waals surface area (Å²) in [6.45, 7) is 0.819. The van der Waals surface area contributed by atoms with Crippen LogP contribution in [0.5, 0.6) is 5.75 Å². The second-order valence-electron chi connectivity index (χ2n) is 6.59. The van der Waals surface area contributed by atoms with Crippen LogP contribution in [-0.4, -0.2) is 57.6 Å². The smallest absolute Gasteiger partial charge is 0.195 e. The van der Waals surface area contributed by atoms with Gasteiger partial charge in [0.1, 0.15) is 5.75 Å². The molecule has 1 saturated carbocycles. The van der Waals surface area contributed by atoms with Crippen molar-refractivity contribution in [2.45, 2.75) is 31.1 Å². The van der Waals surface area contributed by atoms with Crippen LogP contribution >= 0.6 is 24.0 Å². The standard InChI is InChI=1S/C18H29N3O.HI/c1-20(2)17(21(3)4)19-14-18(12-8-9-13-18)15-10-6-7-11-16(15)22-5;/h6-7,10-11H,8-9,12-14H2,1-5H3;1H. The number of halogens is 1. The first-order chi connectivity index (χ1) is 10.5. The lowest BCUT2D eigenvalue weighted by molar-refractivity contribution is 0.375. The molecule has 1 fully saturated rings. The fourth-order valence-corrected chi connectivity index (χ4v) is 3.55. The Labute approximate surface area is 157 Å². The van der Waals surface area contributed by atoms with Gasteiger partial charge in [-0.2, -0.15) is 0 Å². The number of hydrogen-bond acceptors (Lipinski definition) is 2. The normalized spacial score (nSPS) is 15.5. The summed E-state index contributed by atoms with van der Waals surface area (Å²) >= 11 is 0. The monoisotopic (exact) mass is 431 g/mol. The van der Waals surface area contributed by atoms with Crippen molar-refractivity contribution in [2.75, 3.05) is 41.8 Å². The van der Waals surface area contributed by atoms with Gasteiger partial charge >= 0.3 is 0 Å². The third kappa shape index (κ3) is 4.52. The third-order valence-electron chi connectivity index (χ3n) is 4.56. The van der Waals surface area contributed by atoms with Crippen LogP contribution in [0.25, 0.3) is 0 Å². The lowest BCUT2D eigenvalue weighted by Gasteiger charge is -2.31. The molecule has 0 aliphatic heterocycles. The molecule has 0 aromatic heterocycles. The van der Waals surface area contributed by atoms with E-state index in [1.165, 1.54) is 31.2 Å². The SMILES string of the molecule is COc1ccccc1C1(CN=C(N(C)C)N(C)C)CCCC1.I. The Morgan fingerprint density at radius 1 is 1.09 bits per heavy atom. The molecule has 0 N–H and O–H groups in total. The quantitative estimate of drug-likeness (QED) is 0.414.